The molecule has 0 radical (unpaired) electrons. The zero-order chi connectivity index (χ0) is 23.4. The van der Waals surface area contributed by atoms with E-state index in [9.17, 15) is 13.2 Å². The van der Waals surface area contributed by atoms with Crippen molar-refractivity contribution in [1.82, 2.24) is 5.32 Å². The zero-order valence-corrected chi connectivity index (χ0v) is 19.9. The second-order valence-electron chi connectivity index (χ2n) is 8.90. The SMILES string of the molecule is Cc1ccccc1S(=O)(=O)Cc1ccc(C(=O)NCC2CC[NH+](C(C)c3ccccc3)C2)o1. The number of nitrogens with one attached hydrogen (secondary N) is 2. The van der Waals surface area contributed by atoms with Crippen LogP contribution in [0.25, 0.3) is 0 Å². The molecule has 7 heteroatoms. The summed E-state index contributed by atoms with van der Waals surface area (Å²) in [5.74, 6) is 0.232. The molecule has 33 heavy (non-hydrogen) atoms. The fraction of sp³-hybridized carbons (Fsp3) is 0.346. The highest BCUT2D eigenvalue weighted by molar-refractivity contribution is 7.90. The molecule has 1 aliphatic heterocycles. The van der Waals surface area contributed by atoms with Gasteiger partial charge in [0.25, 0.3) is 5.91 Å². The molecule has 0 saturated carbocycles. The maximum absolute atomic E-state index is 12.7. The number of quaternary nitrogens is 1. The number of benzene rings is 2. The second kappa shape index (κ2) is 9.93. The van der Waals surface area contributed by atoms with Crippen molar-refractivity contribution in [2.24, 2.45) is 5.92 Å². The van der Waals surface area contributed by atoms with Crippen LogP contribution in [0.2, 0.25) is 0 Å². The van der Waals surface area contributed by atoms with Crippen molar-refractivity contribution in [3.05, 3.63) is 89.4 Å². The minimum atomic E-state index is -3.55. The summed E-state index contributed by atoms with van der Waals surface area (Å²) in [6.07, 6.45) is 1.06. The van der Waals surface area contributed by atoms with Gasteiger partial charge in [0.05, 0.1) is 18.0 Å². The van der Waals surface area contributed by atoms with E-state index in [0.29, 0.717) is 24.1 Å². The quantitative estimate of drug-likeness (QED) is 0.534. The first kappa shape index (κ1) is 23.3. The van der Waals surface area contributed by atoms with E-state index in [2.05, 4.69) is 36.5 Å². The largest absolute Gasteiger partial charge is 0.455 e. The van der Waals surface area contributed by atoms with Crippen LogP contribution in [0.4, 0.5) is 0 Å². The Labute approximate surface area is 195 Å². The first-order chi connectivity index (χ1) is 15.8. The van der Waals surface area contributed by atoms with E-state index < -0.39 is 9.84 Å². The van der Waals surface area contributed by atoms with Crippen LogP contribution in [0.3, 0.4) is 0 Å². The van der Waals surface area contributed by atoms with Crippen molar-refractivity contribution >= 4 is 15.7 Å². The Morgan fingerprint density at radius 3 is 2.58 bits per heavy atom. The van der Waals surface area contributed by atoms with E-state index in [0.717, 1.165) is 19.5 Å². The summed E-state index contributed by atoms with van der Waals surface area (Å²) in [7, 11) is -3.55. The minimum Gasteiger partial charge on any atom is -0.455 e. The summed E-state index contributed by atoms with van der Waals surface area (Å²) in [5.41, 5.74) is 2.03. The van der Waals surface area contributed by atoms with Crippen LogP contribution in [-0.2, 0) is 15.6 Å². The number of sulfone groups is 1. The smallest absolute Gasteiger partial charge is 0.287 e. The van der Waals surface area contributed by atoms with Crippen molar-refractivity contribution in [3.63, 3.8) is 0 Å². The third-order valence-corrected chi connectivity index (χ3v) is 8.33. The summed E-state index contributed by atoms with van der Waals surface area (Å²) < 4.78 is 31.0. The molecule has 6 nitrogen and oxygen atoms in total. The summed E-state index contributed by atoms with van der Waals surface area (Å²) in [6, 6.07) is 20.9. The molecule has 3 atom stereocenters. The van der Waals surface area contributed by atoms with Crippen molar-refractivity contribution < 1.29 is 22.5 Å². The molecule has 1 aliphatic rings. The maximum atomic E-state index is 12.7. The summed E-state index contributed by atoms with van der Waals surface area (Å²) in [6.45, 7) is 6.69. The Kier molecular flexibility index (Phi) is 7.00. The van der Waals surface area contributed by atoms with Crippen LogP contribution in [0.15, 0.2) is 76.0 Å². The van der Waals surface area contributed by atoms with Gasteiger partial charge in [-0.2, -0.15) is 0 Å². The van der Waals surface area contributed by atoms with E-state index in [1.165, 1.54) is 10.5 Å². The number of carbonyl (C=O) groups excluding carboxylic acids is 1. The van der Waals surface area contributed by atoms with E-state index in [-0.39, 0.29) is 28.1 Å². The van der Waals surface area contributed by atoms with E-state index in [4.69, 9.17) is 4.42 Å². The lowest BCUT2D eigenvalue weighted by atomic mass is 10.1. The van der Waals surface area contributed by atoms with Gasteiger partial charge in [-0.15, -0.1) is 0 Å². The van der Waals surface area contributed by atoms with Crippen molar-refractivity contribution in [2.75, 3.05) is 19.6 Å². The van der Waals surface area contributed by atoms with Gasteiger partial charge in [-0.3, -0.25) is 4.79 Å². The van der Waals surface area contributed by atoms with E-state index >= 15 is 0 Å². The lowest BCUT2D eigenvalue weighted by Gasteiger charge is -2.21. The number of amides is 1. The van der Waals surface area contributed by atoms with Crippen LogP contribution in [0.5, 0.6) is 0 Å². The van der Waals surface area contributed by atoms with Crippen molar-refractivity contribution in [1.29, 1.82) is 0 Å². The van der Waals surface area contributed by atoms with Crippen LogP contribution in [0, 0.1) is 12.8 Å². The van der Waals surface area contributed by atoms with Gasteiger partial charge in [0.15, 0.2) is 15.6 Å². The Bertz CT molecular complexity index is 1200. The van der Waals surface area contributed by atoms with Gasteiger partial charge in [-0.1, -0.05) is 48.5 Å². The number of aryl methyl sites for hydroxylation is 1. The molecule has 2 heterocycles. The van der Waals surface area contributed by atoms with Crippen LogP contribution >= 0.6 is 0 Å². The van der Waals surface area contributed by atoms with E-state index in [1.807, 2.05) is 6.07 Å². The first-order valence-electron chi connectivity index (χ1n) is 11.4. The highest BCUT2D eigenvalue weighted by atomic mass is 32.2. The van der Waals surface area contributed by atoms with Gasteiger partial charge < -0.3 is 14.6 Å². The Morgan fingerprint density at radius 1 is 1.09 bits per heavy atom. The van der Waals surface area contributed by atoms with Gasteiger partial charge in [-0.25, -0.2) is 8.42 Å². The summed E-state index contributed by atoms with van der Waals surface area (Å²) in [5, 5.41) is 2.96. The molecular weight excluding hydrogens is 436 g/mol. The molecule has 4 rings (SSSR count). The fourth-order valence-electron chi connectivity index (χ4n) is 4.58. The Balaban J connectivity index is 1.30. The standard InChI is InChI=1S/C26H30N2O4S/c1-19-8-6-7-11-25(19)33(30,31)18-23-12-13-24(32-23)26(29)27-16-21-14-15-28(17-21)20(2)22-9-4-3-5-10-22/h3-13,20-21H,14-18H2,1-2H3,(H,27,29)/p+1. The molecule has 1 aromatic heterocycles. The molecule has 0 bridgehead atoms. The zero-order valence-electron chi connectivity index (χ0n) is 19.1. The molecule has 3 unspecified atom stereocenters. The molecule has 1 amide bonds. The number of rotatable bonds is 8. The monoisotopic (exact) mass is 467 g/mol. The average Bonchev–Trinajstić information content (AvgIpc) is 3.47. The predicted molar refractivity (Wildman–Crippen MR) is 127 cm³/mol. The van der Waals surface area contributed by atoms with Crippen LogP contribution in [0.1, 0.15) is 46.8 Å². The van der Waals surface area contributed by atoms with Gasteiger partial charge >= 0.3 is 0 Å². The molecule has 1 fully saturated rings. The number of likely N-dealkylation sites (tertiary alicyclic amines) is 1. The molecule has 1 saturated heterocycles. The number of hydrogen-bond donors (Lipinski definition) is 2. The molecule has 3 aromatic rings. The molecule has 0 aliphatic carbocycles. The second-order valence-corrected chi connectivity index (χ2v) is 10.9. The molecule has 174 valence electrons. The highest BCUT2D eigenvalue weighted by Gasteiger charge is 2.31. The molecule has 0 spiro atoms. The van der Waals surface area contributed by atoms with Crippen LogP contribution in [-0.4, -0.2) is 34.0 Å². The normalized spacial score (nSPS) is 19.3. The van der Waals surface area contributed by atoms with Crippen molar-refractivity contribution in [3.8, 4) is 0 Å². The highest BCUT2D eigenvalue weighted by Crippen LogP contribution is 2.21. The molecule has 2 aromatic carbocycles. The van der Waals surface area contributed by atoms with Crippen molar-refractivity contribution in [2.45, 2.75) is 37.0 Å². The Hall–Kier alpha value is -2.90. The third-order valence-electron chi connectivity index (χ3n) is 6.53. The summed E-state index contributed by atoms with van der Waals surface area (Å²) in [4.78, 5) is 14.4. The van der Waals surface area contributed by atoms with Gasteiger partial charge in [0.2, 0.25) is 0 Å². The minimum absolute atomic E-state index is 0.143. The predicted octanol–water partition coefficient (Wildman–Crippen LogP) is 2.96. The van der Waals surface area contributed by atoms with E-state index in [1.54, 1.807) is 43.3 Å². The molecule has 2 N–H and O–H groups in total. The van der Waals surface area contributed by atoms with Gasteiger partial charge in [0, 0.05) is 24.4 Å². The maximum Gasteiger partial charge on any atom is 0.287 e. The van der Waals surface area contributed by atoms with Gasteiger partial charge in [0.1, 0.15) is 17.6 Å². The fourth-order valence-corrected chi connectivity index (χ4v) is 6.11. The lowest BCUT2D eigenvalue weighted by Crippen LogP contribution is -3.10. The summed E-state index contributed by atoms with van der Waals surface area (Å²) >= 11 is 0. The molecular formula is C26H31N2O4S+. The number of carbonyl (C=O) groups is 1. The first-order valence-corrected chi connectivity index (χ1v) is 13.0. The third kappa shape index (κ3) is 5.54. The number of furan rings is 1. The van der Waals surface area contributed by atoms with Crippen LogP contribution < -0.4 is 10.2 Å². The number of hydrogen-bond acceptors (Lipinski definition) is 4. The topological polar surface area (TPSA) is 80.8 Å². The Morgan fingerprint density at radius 2 is 1.82 bits per heavy atom. The van der Waals surface area contributed by atoms with Gasteiger partial charge in [-0.05, 0) is 37.6 Å². The average molecular weight is 468 g/mol. The lowest BCUT2D eigenvalue weighted by molar-refractivity contribution is -0.919.